The topological polar surface area (TPSA) is 49.7 Å². The van der Waals surface area contributed by atoms with Crippen molar-refractivity contribution in [2.24, 2.45) is 9.74 Å². The zero-order valence-electron chi connectivity index (χ0n) is 19.5. The molecule has 6 nitrogen and oxygen atoms in total. The first kappa shape index (κ1) is 23.3. The molecule has 2 aromatic rings. The first-order chi connectivity index (χ1) is 15.5. The van der Waals surface area contributed by atoms with Crippen LogP contribution in [-0.2, 0) is 9.47 Å². The highest BCUT2D eigenvalue weighted by Crippen LogP contribution is 2.66. The minimum atomic E-state index is -2.19. The van der Waals surface area contributed by atoms with E-state index >= 15 is 0 Å². The Labute approximate surface area is 192 Å². The fourth-order valence-electron chi connectivity index (χ4n) is 4.46. The number of para-hydroxylation sites is 1. The number of hydrogen-bond donors (Lipinski definition) is 0. The van der Waals surface area contributed by atoms with Crippen molar-refractivity contribution in [3.8, 4) is 0 Å². The van der Waals surface area contributed by atoms with Crippen LogP contribution in [0.5, 0.6) is 0 Å². The second-order valence-electron chi connectivity index (χ2n) is 9.11. The summed E-state index contributed by atoms with van der Waals surface area (Å²) in [5.74, 6) is 0.804. The number of rotatable bonds is 4. The zero-order valence-corrected chi connectivity index (χ0v) is 20.4. The van der Waals surface area contributed by atoms with E-state index in [2.05, 4.69) is 54.4 Å². The average molecular weight is 455 g/mol. The van der Waals surface area contributed by atoms with Crippen LogP contribution in [0.1, 0.15) is 26.3 Å². The van der Waals surface area contributed by atoms with Crippen molar-refractivity contribution < 1.29 is 9.47 Å². The van der Waals surface area contributed by atoms with Crippen LogP contribution in [0.4, 0.5) is 5.69 Å². The molecule has 4 rings (SSSR count). The van der Waals surface area contributed by atoms with Crippen molar-refractivity contribution >= 4 is 18.9 Å². The van der Waals surface area contributed by atoms with Crippen LogP contribution in [-0.4, -0.2) is 72.9 Å². The minimum Gasteiger partial charge on any atom is -0.379 e. The summed E-state index contributed by atoms with van der Waals surface area (Å²) < 4.78 is 22.4. The Balaban J connectivity index is 1.95. The summed E-state index contributed by atoms with van der Waals surface area (Å²) in [6, 6.07) is 20.5. The summed E-state index contributed by atoms with van der Waals surface area (Å²) >= 11 is 0. The van der Waals surface area contributed by atoms with Crippen molar-refractivity contribution in [3.05, 3.63) is 66.2 Å². The second-order valence-corrected chi connectivity index (χ2v) is 12.9. The molecule has 0 atom stereocenters. The van der Waals surface area contributed by atoms with Gasteiger partial charge in [0.15, 0.2) is 5.84 Å². The molecule has 2 aliphatic heterocycles. The summed E-state index contributed by atoms with van der Waals surface area (Å²) in [6.45, 7) is 13.5. The van der Waals surface area contributed by atoms with E-state index in [0.717, 1.165) is 69.7 Å². The van der Waals surface area contributed by atoms with Crippen molar-refractivity contribution in [2.75, 3.05) is 52.6 Å². The summed E-state index contributed by atoms with van der Waals surface area (Å²) in [6.07, 6.45) is 0. The quantitative estimate of drug-likeness (QED) is 0.359. The molecule has 2 heterocycles. The predicted molar refractivity (Wildman–Crippen MR) is 133 cm³/mol. The van der Waals surface area contributed by atoms with Gasteiger partial charge in [-0.25, -0.2) is 9.74 Å². The Hall–Kier alpha value is -1.82. The van der Waals surface area contributed by atoms with Crippen LogP contribution in [0.2, 0.25) is 0 Å². The molecule has 0 bridgehead atoms. The number of hydrogen-bond acceptors (Lipinski definition) is 3. The van der Waals surface area contributed by atoms with Crippen LogP contribution in [0.3, 0.4) is 0 Å². The van der Waals surface area contributed by atoms with Crippen molar-refractivity contribution in [3.63, 3.8) is 0 Å². The smallest absolute Gasteiger partial charge is 0.161 e. The molecule has 172 valence electrons. The maximum absolute atomic E-state index is 5.74. The lowest BCUT2D eigenvalue weighted by Gasteiger charge is -2.52. The lowest BCUT2D eigenvalue weighted by molar-refractivity contribution is 0.0551. The molecule has 0 unspecified atom stereocenters. The van der Waals surface area contributed by atoms with Gasteiger partial charge in [0.2, 0.25) is 0 Å². The van der Waals surface area contributed by atoms with E-state index < -0.39 is 7.36 Å². The van der Waals surface area contributed by atoms with Crippen LogP contribution in [0.15, 0.2) is 70.4 Å². The maximum Gasteiger partial charge on any atom is 0.161 e. The molecule has 0 saturated carbocycles. The Kier molecular flexibility index (Phi) is 7.59. The van der Waals surface area contributed by atoms with Gasteiger partial charge in [-0.2, -0.15) is 0 Å². The summed E-state index contributed by atoms with van der Waals surface area (Å²) in [7, 11) is -2.19. The van der Waals surface area contributed by atoms with Gasteiger partial charge in [-0.1, -0.05) is 69.3 Å². The Morgan fingerprint density at radius 1 is 0.750 bits per heavy atom. The predicted octanol–water partition coefficient (Wildman–Crippen LogP) is 5.26. The third-order valence-corrected chi connectivity index (χ3v) is 10.6. The average Bonchev–Trinajstić information content (AvgIpc) is 2.83. The number of aliphatic imine (C=N–C) groups is 1. The molecule has 2 fully saturated rings. The van der Waals surface area contributed by atoms with E-state index in [4.69, 9.17) is 19.2 Å². The molecule has 2 saturated heterocycles. The van der Waals surface area contributed by atoms with Crippen LogP contribution >= 0.6 is 7.36 Å². The highest BCUT2D eigenvalue weighted by molar-refractivity contribution is 7.63. The number of morpholine rings is 2. The third kappa shape index (κ3) is 5.05. The number of benzene rings is 2. The molecule has 0 spiro atoms. The summed E-state index contributed by atoms with van der Waals surface area (Å²) in [4.78, 5) is 5.08. The second kappa shape index (κ2) is 10.4. The maximum atomic E-state index is 5.74. The first-order valence-electron chi connectivity index (χ1n) is 11.5. The van der Waals surface area contributed by atoms with Gasteiger partial charge in [-0.15, -0.1) is 0 Å². The molecular formula is C25H35N4O2P. The van der Waals surface area contributed by atoms with E-state index in [-0.39, 0.29) is 5.16 Å². The molecule has 2 aliphatic rings. The van der Waals surface area contributed by atoms with Gasteiger partial charge in [0.25, 0.3) is 0 Å². The van der Waals surface area contributed by atoms with Crippen molar-refractivity contribution in [1.29, 1.82) is 0 Å². The molecule has 0 N–H and O–H groups in total. The number of ether oxygens (including phenoxy) is 2. The molecule has 32 heavy (non-hydrogen) atoms. The molecule has 0 aromatic heterocycles. The van der Waals surface area contributed by atoms with Crippen LogP contribution in [0, 0.1) is 0 Å². The first-order valence-corrected chi connectivity index (χ1v) is 13.1. The van der Waals surface area contributed by atoms with Gasteiger partial charge in [0, 0.05) is 36.9 Å². The van der Waals surface area contributed by atoms with E-state index in [1.165, 1.54) is 0 Å². The van der Waals surface area contributed by atoms with E-state index in [9.17, 15) is 0 Å². The molecule has 0 aliphatic carbocycles. The van der Waals surface area contributed by atoms with Crippen LogP contribution < -0.4 is 0 Å². The molecule has 0 radical (unpaired) electrons. The van der Waals surface area contributed by atoms with Gasteiger partial charge in [0.1, 0.15) is 7.36 Å². The van der Waals surface area contributed by atoms with E-state index in [1.807, 2.05) is 36.4 Å². The summed E-state index contributed by atoms with van der Waals surface area (Å²) in [5.41, 5.74) is 1.97. The lowest BCUT2D eigenvalue weighted by atomic mass is 10.2. The Morgan fingerprint density at radius 3 is 1.69 bits per heavy atom. The largest absolute Gasteiger partial charge is 0.379 e. The molecule has 2 aromatic carbocycles. The normalized spacial score (nSPS) is 19.7. The standard InChI is InChI=1S/C25H35N4O2P/c1-25(2,3)32(28-14-18-30-19-15-28,29-16-20-31-21-17-29)27-24(22-10-6-4-7-11-22)26-23-12-8-5-9-13-23/h4-13H,14-21H2,1-3H3. The zero-order chi connectivity index (χ0) is 22.4. The Morgan fingerprint density at radius 2 is 1.22 bits per heavy atom. The lowest BCUT2D eigenvalue weighted by Crippen LogP contribution is -2.48. The Bertz CT molecular complexity index is 923. The van der Waals surface area contributed by atoms with E-state index in [1.54, 1.807) is 0 Å². The van der Waals surface area contributed by atoms with Gasteiger partial charge >= 0.3 is 0 Å². The summed E-state index contributed by atoms with van der Waals surface area (Å²) in [5, 5.41) is -0.0616. The molecule has 0 amide bonds. The highest BCUT2D eigenvalue weighted by Gasteiger charge is 2.45. The molecular weight excluding hydrogens is 419 g/mol. The highest BCUT2D eigenvalue weighted by atomic mass is 31.2. The van der Waals surface area contributed by atoms with Crippen LogP contribution in [0.25, 0.3) is 0 Å². The van der Waals surface area contributed by atoms with Crippen molar-refractivity contribution in [1.82, 2.24) is 9.34 Å². The third-order valence-electron chi connectivity index (χ3n) is 5.92. The minimum absolute atomic E-state index is 0.0616. The number of amidine groups is 1. The fraction of sp³-hybridized carbons (Fsp3) is 0.480. The monoisotopic (exact) mass is 454 g/mol. The van der Waals surface area contributed by atoms with E-state index in [0.29, 0.717) is 0 Å². The number of nitrogens with zero attached hydrogens (tertiary/aromatic N) is 4. The fourth-order valence-corrected chi connectivity index (χ4v) is 8.93. The van der Waals surface area contributed by atoms with Gasteiger partial charge in [-0.3, -0.25) is 9.34 Å². The SMILES string of the molecule is CC(C)(C)P(=NC(=Nc1ccccc1)c1ccccc1)(N1CCOCC1)N1CCOCC1. The van der Waals surface area contributed by atoms with Gasteiger partial charge in [-0.05, 0) is 12.1 Å². The molecule has 7 heteroatoms. The van der Waals surface area contributed by atoms with Gasteiger partial charge in [0.05, 0.1) is 32.1 Å². The van der Waals surface area contributed by atoms with Crippen molar-refractivity contribution in [2.45, 2.75) is 25.9 Å². The van der Waals surface area contributed by atoms with Gasteiger partial charge < -0.3 is 9.47 Å².